The summed E-state index contributed by atoms with van der Waals surface area (Å²) in [6, 6.07) is 10.1. The largest absolute Gasteiger partial charge is 0.395 e. The lowest BCUT2D eigenvalue weighted by Gasteiger charge is -2.20. The van der Waals surface area contributed by atoms with Crippen molar-refractivity contribution in [2.75, 3.05) is 49.6 Å². The van der Waals surface area contributed by atoms with E-state index in [2.05, 4.69) is 33.0 Å². The van der Waals surface area contributed by atoms with Gasteiger partial charge in [0.15, 0.2) is 0 Å². The first-order chi connectivity index (χ1) is 17.1. The van der Waals surface area contributed by atoms with E-state index in [-0.39, 0.29) is 17.9 Å². The van der Waals surface area contributed by atoms with E-state index >= 15 is 0 Å². The van der Waals surface area contributed by atoms with Crippen LogP contribution in [-0.2, 0) is 5.41 Å². The Labute approximate surface area is 205 Å². The number of pyridine rings is 1. The van der Waals surface area contributed by atoms with Gasteiger partial charge in [-0.05, 0) is 55.5 Å². The lowest BCUT2D eigenvalue weighted by molar-refractivity contribution is 0.0767. The number of aliphatic hydroxyl groups excluding tert-OH is 1. The van der Waals surface area contributed by atoms with E-state index < -0.39 is 0 Å². The maximum Gasteiger partial charge on any atom is 0.253 e. The molecule has 0 radical (unpaired) electrons. The highest BCUT2D eigenvalue weighted by Gasteiger charge is 2.52. The van der Waals surface area contributed by atoms with Crippen LogP contribution >= 0.6 is 0 Å². The van der Waals surface area contributed by atoms with Gasteiger partial charge in [0.25, 0.3) is 5.91 Å². The average molecular weight is 471 g/mol. The number of aliphatic hydroxyl groups is 1. The Hall–Kier alpha value is -3.52. The SMILES string of the molecule is CN(CCO)C(=O)c1ccc2c(c1)N(c1ncc(-c3cc(N4CCCC4)ccn3)cn1)CC21CC1. The van der Waals surface area contributed by atoms with Gasteiger partial charge in [-0.1, -0.05) is 6.07 Å². The summed E-state index contributed by atoms with van der Waals surface area (Å²) in [5, 5.41) is 9.20. The zero-order valence-electron chi connectivity index (χ0n) is 20.0. The maximum absolute atomic E-state index is 12.8. The van der Waals surface area contributed by atoms with Gasteiger partial charge in [0.2, 0.25) is 5.95 Å². The normalized spacial score (nSPS) is 17.7. The number of carbonyl (C=O) groups excluding carboxylic acids is 1. The molecular weight excluding hydrogens is 440 g/mol. The van der Waals surface area contributed by atoms with E-state index in [0.29, 0.717) is 18.1 Å². The summed E-state index contributed by atoms with van der Waals surface area (Å²) in [6.07, 6.45) is 10.3. The highest BCUT2D eigenvalue weighted by atomic mass is 16.3. The minimum Gasteiger partial charge on any atom is -0.395 e. The van der Waals surface area contributed by atoms with Crippen molar-refractivity contribution >= 4 is 23.2 Å². The number of anilines is 3. The first-order valence-electron chi connectivity index (χ1n) is 12.4. The van der Waals surface area contributed by atoms with Gasteiger partial charge in [0.1, 0.15) is 0 Å². The van der Waals surface area contributed by atoms with Crippen molar-refractivity contribution in [3.8, 4) is 11.3 Å². The van der Waals surface area contributed by atoms with Gasteiger partial charge in [0.05, 0.1) is 12.3 Å². The van der Waals surface area contributed by atoms with Crippen LogP contribution in [0.4, 0.5) is 17.3 Å². The van der Waals surface area contributed by atoms with Crippen molar-refractivity contribution in [3.63, 3.8) is 0 Å². The Kier molecular flexibility index (Phi) is 5.40. The molecule has 2 fully saturated rings. The number of hydrogen-bond donors (Lipinski definition) is 1. The number of likely N-dealkylation sites (N-methyl/N-ethyl adjacent to an activating group) is 1. The molecule has 35 heavy (non-hydrogen) atoms. The molecule has 8 nitrogen and oxygen atoms in total. The van der Waals surface area contributed by atoms with Crippen LogP contribution in [0.3, 0.4) is 0 Å². The fraction of sp³-hybridized carbons (Fsp3) is 0.407. The highest BCUT2D eigenvalue weighted by Crippen LogP contribution is 2.57. The molecule has 180 valence electrons. The second kappa shape index (κ2) is 8.61. The van der Waals surface area contributed by atoms with Gasteiger partial charge in [-0.2, -0.15) is 0 Å². The summed E-state index contributed by atoms with van der Waals surface area (Å²) in [6.45, 7) is 3.26. The molecular formula is C27H30N6O2. The molecule has 1 saturated heterocycles. The molecule has 1 N–H and O–H groups in total. The van der Waals surface area contributed by atoms with Crippen LogP contribution in [0.2, 0.25) is 0 Å². The van der Waals surface area contributed by atoms with Crippen LogP contribution < -0.4 is 9.80 Å². The Bertz CT molecular complexity index is 1250. The van der Waals surface area contributed by atoms with E-state index in [4.69, 9.17) is 9.97 Å². The van der Waals surface area contributed by atoms with Gasteiger partial charge >= 0.3 is 0 Å². The summed E-state index contributed by atoms with van der Waals surface area (Å²) in [5.41, 5.74) is 6.00. The number of rotatable bonds is 6. The van der Waals surface area contributed by atoms with E-state index in [0.717, 1.165) is 49.4 Å². The van der Waals surface area contributed by atoms with Gasteiger partial charge in [-0.3, -0.25) is 9.78 Å². The van der Waals surface area contributed by atoms with Gasteiger partial charge < -0.3 is 19.8 Å². The molecule has 8 heteroatoms. The van der Waals surface area contributed by atoms with Crippen LogP contribution in [0.5, 0.6) is 0 Å². The number of amides is 1. The lowest BCUT2D eigenvalue weighted by Crippen LogP contribution is -2.29. The van der Waals surface area contributed by atoms with E-state index in [1.54, 1.807) is 11.9 Å². The summed E-state index contributed by atoms with van der Waals surface area (Å²) in [4.78, 5) is 32.9. The van der Waals surface area contributed by atoms with Crippen LogP contribution in [0.25, 0.3) is 11.3 Å². The number of benzene rings is 1. The molecule has 2 aliphatic heterocycles. The number of carbonyl (C=O) groups is 1. The fourth-order valence-electron chi connectivity index (χ4n) is 5.38. The number of nitrogens with zero attached hydrogens (tertiary/aromatic N) is 6. The number of fused-ring (bicyclic) bond motifs is 2. The van der Waals surface area contributed by atoms with Crippen molar-refractivity contribution in [1.29, 1.82) is 0 Å². The first kappa shape index (κ1) is 22.0. The van der Waals surface area contributed by atoms with Crippen LogP contribution in [0.1, 0.15) is 41.6 Å². The zero-order valence-corrected chi connectivity index (χ0v) is 20.0. The molecule has 3 aliphatic rings. The third-order valence-electron chi connectivity index (χ3n) is 7.59. The predicted octanol–water partition coefficient (Wildman–Crippen LogP) is 3.39. The third kappa shape index (κ3) is 3.91. The number of hydrogen-bond acceptors (Lipinski definition) is 7. The molecule has 1 aliphatic carbocycles. The van der Waals surface area contributed by atoms with Gasteiger partial charge in [-0.25, -0.2) is 9.97 Å². The Morgan fingerprint density at radius 3 is 2.57 bits per heavy atom. The molecule has 1 saturated carbocycles. The predicted molar refractivity (Wildman–Crippen MR) is 135 cm³/mol. The molecule has 0 atom stereocenters. The van der Waals surface area contributed by atoms with Crippen molar-refractivity contribution < 1.29 is 9.90 Å². The maximum atomic E-state index is 12.8. The Morgan fingerprint density at radius 1 is 1.09 bits per heavy atom. The monoisotopic (exact) mass is 470 g/mol. The Morgan fingerprint density at radius 2 is 1.86 bits per heavy atom. The minimum absolute atomic E-state index is 0.0571. The first-order valence-corrected chi connectivity index (χ1v) is 12.4. The molecule has 6 rings (SSSR count). The summed E-state index contributed by atoms with van der Waals surface area (Å²) in [7, 11) is 1.71. The summed E-state index contributed by atoms with van der Waals surface area (Å²) < 4.78 is 0. The number of aromatic nitrogens is 3. The molecule has 3 aromatic rings. The van der Waals surface area contributed by atoms with Crippen LogP contribution in [0, 0.1) is 0 Å². The molecule has 1 aromatic carbocycles. The van der Waals surface area contributed by atoms with E-state index in [1.165, 1.54) is 24.1 Å². The Balaban J connectivity index is 1.28. The van der Waals surface area contributed by atoms with Crippen molar-refractivity contribution in [2.45, 2.75) is 31.1 Å². The second-order valence-corrected chi connectivity index (χ2v) is 9.91. The molecule has 4 heterocycles. The van der Waals surface area contributed by atoms with Gasteiger partial charge in [0, 0.05) is 79.7 Å². The van der Waals surface area contributed by atoms with Gasteiger partial charge in [-0.15, -0.1) is 0 Å². The highest BCUT2D eigenvalue weighted by molar-refractivity contribution is 5.96. The average Bonchev–Trinajstić information content (AvgIpc) is 3.33. The topological polar surface area (TPSA) is 85.7 Å². The fourth-order valence-corrected chi connectivity index (χ4v) is 5.38. The van der Waals surface area contributed by atoms with Crippen molar-refractivity contribution in [1.82, 2.24) is 19.9 Å². The zero-order chi connectivity index (χ0) is 24.0. The molecule has 0 unspecified atom stereocenters. The third-order valence-corrected chi connectivity index (χ3v) is 7.59. The molecule has 2 aromatic heterocycles. The standard InChI is InChI=1S/C27H30N6O2/c1-31(12-13-34)25(35)19-4-5-22-24(14-19)33(18-27(22)7-8-27)26-29-16-20(17-30-26)23-15-21(6-9-28-23)32-10-2-3-11-32/h4-6,9,14-17,34H,2-3,7-8,10-13,18H2,1H3. The molecule has 1 amide bonds. The lowest BCUT2D eigenvalue weighted by atomic mass is 9.97. The second-order valence-electron chi connectivity index (χ2n) is 9.91. The van der Waals surface area contributed by atoms with E-state index in [9.17, 15) is 9.90 Å². The van der Waals surface area contributed by atoms with Crippen LogP contribution in [-0.4, -0.2) is 70.7 Å². The minimum atomic E-state index is -0.0984. The smallest absolute Gasteiger partial charge is 0.253 e. The summed E-state index contributed by atoms with van der Waals surface area (Å²) in [5.74, 6) is 0.543. The quantitative estimate of drug-likeness (QED) is 0.591. The summed E-state index contributed by atoms with van der Waals surface area (Å²) >= 11 is 0. The van der Waals surface area contributed by atoms with Crippen molar-refractivity contribution in [3.05, 3.63) is 60.0 Å². The van der Waals surface area contributed by atoms with Crippen LogP contribution in [0.15, 0.2) is 48.9 Å². The van der Waals surface area contributed by atoms with Crippen molar-refractivity contribution in [2.24, 2.45) is 0 Å². The molecule has 0 bridgehead atoms. The molecule has 1 spiro atoms. The van der Waals surface area contributed by atoms with E-state index in [1.807, 2.05) is 30.7 Å².